The molecule has 4 amide bonds. The van der Waals surface area contributed by atoms with Crippen molar-refractivity contribution in [3.63, 3.8) is 0 Å². The van der Waals surface area contributed by atoms with Gasteiger partial charge in [-0.05, 0) is 92.4 Å². The fourth-order valence-electron chi connectivity index (χ4n) is 16.4. The van der Waals surface area contributed by atoms with Gasteiger partial charge in [0.15, 0.2) is 29.1 Å². The zero-order valence-corrected chi connectivity index (χ0v) is 64.1. The average Bonchev–Trinajstić information content (AvgIpc) is 1.57. The van der Waals surface area contributed by atoms with Gasteiger partial charge in [-0.1, -0.05) is 108 Å². The minimum Gasteiger partial charge on any atom is -0.494 e. The van der Waals surface area contributed by atoms with E-state index in [2.05, 4.69) is 33.2 Å². The molecule has 4 fully saturated rings. The summed E-state index contributed by atoms with van der Waals surface area (Å²) < 4.78 is 101. The van der Waals surface area contributed by atoms with Crippen LogP contribution < -0.4 is 30.3 Å². The molecule has 0 bridgehead atoms. The lowest BCUT2D eigenvalue weighted by atomic mass is 9.44. The molecular formula is C81H109F2N7O19. The van der Waals surface area contributed by atoms with Crippen LogP contribution in [0.25, 0.3) is 22.5 Å². The highest BCUT2D eigenvalue weighted by atomic mass is 19.1. The Morgan fingerprint density at radius 3 is 2.11 bits per heavy atom. The molecule has 596 valence electrons. The van der Waals surface area contributed by atoms with Crippen molar-refractivity contribution in [2.24, 2.45) is 34.5 Å². The number of carbonyl (C=O) groups excluding carboxylic acids is 7. The number of methoxy groups -OCH3 is 1. The minimum absolute atomic E-state index is 0.00430. The van der Waals surface area contributed by atoms with Gasteiger partial charge in [-0.25, -0.2) is 13.5 Å². The van der Waals surface area contributed by atoms with Gasteiger partial charge in [0.1, 0.15) is 30.0 Å². The summed E-state index contributed by atoms with van der Waals surface area (Å²) >= 11 is 0. The summed E-state index contributed by atoms with van der Waals surface area (Å²) in [5.74, 6) is -5.09. The molecule has 109 heavy (non-hydrogen) atoms. The summed E-state index contributed by atoms with van der Waals surface area (Å²) in [6.07, 6.45) is 1.52. The second-order valence-corrected chi connectivity index (χ2v) is 29.6. The molecule has 1 saturated heterocycles. The van der Waals surface area contributed by atoms with Gasteiger partial charge in [-0.15, -0.1) is 5.10 Å². The van der Waals surface area contributed by atoms with E-state index >= 15 is 8.78 Å². The third-order valence-corrected chi connectivity index (χ3v) is 22.1. The van der Waals surface area contributed by atoms with E-state index in [9.17, 15) is 38.7 Å². The van der Waals surface area contributed by atoms with Crippen molar-refractivity contribution in [1.82, 2.24) is 25.6 Å². The van der Waals surface area contributed by atoms with Crippen LogP contribution >= 0.6 is 0 Å². The van der Waals surface area contributed by atoms with Crippen molar-refractivity contribution >= 4 is 52.4 Å². The van der Waals surface area contributed by atoms with Gasteiger partial charge in [0.25, 0.3) is 0 Å². The highest BCUT2D eigenvalue weighted by Gasteiger charge is 2.80. The number of alkyl halides is 2. The highest BCUT2D eigenvalue weighted by molar-refractivity contribution is 6.03. The zero-order chi connectivity index (χ0) is 77.9. The fourth-order valence-corrected chi connectivity index (χ4v) is 16.4. The number of nitrogens with zero attached hydrogens (tertiary/aromatic N) is 4. The second-order valence-electron chi connectivity index (χ2n) is 29.6. The predicted octanol–water partition coefficient (Wildman–Crippen LogP) is 9.20. The number of ether oxygens (including phenoxy) is 11. The molecule has 10 rings (SSSR count). The average molecular weight is 1520 g/mol. The Hall–Kier alpha value is -7.77. The molecular weight excluding hydrogens is 1410 g/mol. The first-order chi connectivity index (χ1) is 52.5. The Kier molecular flexibility index (Phi) is 29.9. The number of benzene rings is 3. The number of hydrogen-bond acceptors (Lipinski definition) is 21. The maximum absolute atomic E-state index is 18.0. The standard InChI is InChI=1S/C81H109F2N7O19/c1-9-11-30-100-34-38-104-41-37-103-33-29-90-76-58-19-14-15-20-64(58)89(50-54-17-12-13-18-57(54)75(76)87-88-90)72(97)24-23-70(95)84-28-32-102-36-40-106-43-42-105-39-35-101-31-26-71(96)86-74(52(3)4)65(92)44-53(5)77(98)85-63-22-21-56(46-66(63)99-8)107-51-68(94)81-69(108-73(109-81)16-10-2)48-59-60-47-62(82)61-45-55(91)25-27-78(61,6)80(60,83)67(93)49-79(59,81)7/h12-15,17-22,25,27,45-46,52-53,59-60,62,67,69,73-74,93H,9-11,16,23-24,26,28-44,47-51H2,1-8H3,(H,84,95)(H,85,98)(H,86,96)/t53-,59+,60+,62+,67+,69-,73?,74+,78+,79+,80+,81-/m1/s1. The number of ketones is 3. The molecule has 1 aromatic heterocycles. The number of anilines is 2. The maximum Gasteiger partial charge on any atom is 0.227 e. The first-order valence-electron chi connectivity index (χ1n) is 38.5. The molecule has 1 unspecified atom stereocenters. The van der Waals surface area contributed by atoms with E-state index in [-0.39, 0.29) is 137 Å². The monoisotopic (exact) mass is 1520 g/mol. The van der Waals surface area contributed by atoms with E-state index in [0.29, 0.717) is 83.6 Å². The van der Waals surface area contributed by atoms with E-state index in [1.807, 2.05) is 60.1 Å². The number of rotatable bonds is 44. The van der Waals surface area contributed by atoms with Crippen LogP contribution in [-0.4, -0.2) is 216 Å². The summed E-state index contributed by atoms with van der Waals surface area (Å²) in [5.41, 5.74) is -1.87. The van der Waals surface area contributed by atoms with Crippen molar-refractivity contribution in [3.05, 3.63) is 96.1 Å². The summed E-state index contributed by atoms with van der Waals surface area (Å²) in [6, 6.07) is 19.2. The summed E-state index contributed by atoms with van der Waals surface area (Å²) in [5, 5.41) is 29.6. The molecule has 6 aliphatic rings. The third kappa shape index (κ3) is 19.2. The number of hydrogen-bond donors (Lipinski definition) is 4. The number of carbonyl (C=O) groups is 7. The van der Waals surface area contributed by atoms with Gasteiger partial charge < -0.3 is 78.1 Å². The van der Waals surface area contributed by atoms with E-state index in [1.165, 1.54) is 44.4 Å². The Morgan fingerprint density at radius 1 is 0.761 bits per heavy atom. The number of unbranched alkanes of at least 4 members (excludes halogenated alkanes) is 1. The lowest BCUT2D eigenvalue weighted by Crippen LogP contribution is -2.71. The van der Waals surface area contributed by atoms with Crippen LogP contribution in [-0.2, 0) is 89.3 Å². The van der Waals surface area contributed by atoms with E-state index in [1.54, 1.807) is 32.6 Å². The van der Waals surface area contributed by atoms with Crippen molar-refractivity contribution in [2.45, 2.75) is 174 Å². The Bertz CT molecular complexity index is 3860. The van der Waals surface area contributed by atoms with Crippen LogP contribution in [0.2, 0.25) is 0 Å². The first-order valence-corrected chi connectivity index (χ1v) is 38.5. The van der Waals surface area contributed by atoms with Crippen LogP contribution in [0.15, 0.2) is 90.5 Å². The first kappa shape index (κ1) is 83.7. The molecule has 3 saturated carbocycles. The summed E-state index contributed by atoms with van der Waals surface area (Å²) in [6.45, 7) is 18.0. The van der Waals surface area contributed by atoms with Crippen molar-refractivity contribution in [3.8, 4) is 34.0 Å². The molecule has 0 spiro atoms. The summed E-state index contributed by atoms with van der Waals surface area (Å²) in [7, 11) is 1.39. The quantitative estimate of drug-likeness (QED) is 0.0300. The van der Waals surface area contributed by atoms with Crippen molar-refractivity contribution in [2.75, 3.05) is 123 Å². The van der Waals surface area contributed by atoms with Crippen LogP contribution in [0, 0.1) is 34.5 Å². The molecule has 4 aliphatic carbocycles. The number of fused-ring (bicyclic) bond motifs is 12. The molecule has 0 radical (unpaired) electrons. The van der Waals surface area contributed by atoms with Gasteiger partial charge in [-0.2, -0.15) is 0 Å². The van der Waals surface area contributed by atoms with E-state index in [0.717, 1.165) is 47.9 Å². The fraction of sp³-hybridized carbons (Fsp3) is 0.617. The van der Waals surface area contributed by atoms with Gasteiger partial charge in [0.05, 0.1) is 141 Å². The van der Waals surface area contributed by atoms with E-state index < -0.39 is 101 Å². The van der Waals surface area contributed by atoms with Crippen molar-refractivity contribution in [1.29, 1.82) is 0 Å². The SMILES string of the molecule is CCCCOCCOCCOCCn1nnc2c1-c1ccccc1N(C(=O)CCC(=O)NCCOCCOCCOCCOCCC(=O)N[C@H](C(=O)C[C@@H](C)C(=O)Nc1ccc(OCC(=O)[C@@]34OC(CCC)O[C@@H]3C[C@H]3[C@@H]5C[C@H](F)C6=CC(=O)C=C[C@]6(C)[C@@]5(F)[C@@H](O)C[C@@]34C)cc1OC)C(C)C)Cc1ccccc1-2. The van der Waals surface area contributed by atoms with Crippen LogP contribution in [0.5, 0.6) is 11.5 Å². The second kappa shape index (κ2) is 38.9. The Balaban J connectivity index is 0.577. The summed E-state index contributed by atoms with van der Waals surface area (Å²) in [4.78, 5) is 96.5. The number of aliphatic hydroxyl groups excluding tert-OH is 1. The molecule has 26 nitrogen and oxygen atoms in total. The highest BCUT2D eigenvalue weighted by Crippen LogP contribution is 2.72. The largest absolute Gasteiger partial charge is 0.494 e. The van der Waals surface area contributed by atoms with Gasteiger partial charge in [0, 0.05) is 78.7 Å². The third-order valence-electron chi connectivity index (χ3n) is 22.1. The number of amides is 4. The van der Waals surface area contributed by atoms with Gasteiger partial charge in [0.2, 0.25) is 29.4 Å². The van der Waals surface area contributed by atoms with Gasteiger partial charge >= 0.3 is 0 Å². The molecule has 3 aromatic carbocycles. The lowest BCUT2D eigenvalue weighted by Gasteiger charge is -2.63. The van der Waals surface area contributed by atoms with Crippen LogP contribution in [0.4, 0.5) is 20.2 Å². The number of allylic oxidation sites excluding steroid dienone is 4. The molecule has 3 heterocycles. The maximum atomic E-state index is 18.0. The number of para-hydroxylation sites is 1. The predicted molar refractivity (Wildman–Crippen MR) is 399 cm³/mol. The molecule has 12 atom stereocenters. The number of Topliss-reactive ketones (excluding diaryl/α,β-unsaturated/α-hetero) is 2. The number of aromatic nitrogens is 3. The van der Waals surface area contributed by atoms with Crippen LogP contribution in [0.3, 0.4) is 0 Å². The van der Waals surface area contributed by atoms with Crippen LogP contribution in [0.1, 0.15) is 125 Å². The molecule has 2 aliphatic heterocycles. The number of halogens is 2. The minimum atomic E-state index is -2.36. The molecule has 28 heteroatoms. The van der Waals surface area contributed by atoms with Gasteiger partial charge in [-0.3, -0.25) is 33.6 Å². The Morgan fingerprint density at radius 2 is 1.42 bits per heavy atom. The lowest BCUT2D eigenvalue weighted by molar-refractivity contribution is -0.234. The number of aliphatic hydroxyl groups is 1. The van der Waals surface area contributed by atoms with E-state index in [4.69, 9.17) is 52.1 Å². The normalized spacial score (nSPS) is 24.9. The number of nitrogens with one attached hydrogen (secondary N) is 3. The molecule has 4 N–H and O–H groups in total. The Labute approximate surface area is 636 Å². The molecule has 4 aromatic rings. The van der Waals surface area contributed by atoms with Crippen molar-refractivity contribution < 1.29 is 99.6 Å². The smallest absolute Gasteiger partial charge is 0.227 e. The zero-order valence-electron chi connectivity index (χ0n) is 64.1. The topological polar surface area (TPSA) is 311 Å².